The van der Waals surface area contributed by atoms with E-state index in [4.69, 9.17) is 14.2 Å². The van der Waals surface area contributed by atoms with Gasteiger partial charge in [0.15, 0.2) is 11.5 Å². The van der Waals surface area contributed by atoms with Gasteiger partial charge in [0.25, 0.3) is 0 Å². The third-order valence-electron chi connectivity index (χ3n) is 4.23. The van der Waals surface area contributed by atoms with Gasteiger partial charge in [0.1, 0.15) is 12.3 Å². The summed E-state index contributed by atoms with van der Waals surface area (Å²) in [7, 11) is 4.67. The summed E-state index contributed by atoms with van der Waals surface area (Å²) in [6.45, 7) is 1.80. The van der Waals surface area contributed by atoms with Gasteiger partial charge in [-0.15, -0.1) is 0 Å². The van der Waals surface area contributed by atoms with Gasteiger partial charge in [-0.3, -0.25) is 9.59 Å². The molecule has 0 aliphatic heterocycles. The number of amides is 2. The van der Waals surface area contributed by atoms with E-state index in [-0.39, 0.29) is 18.4 Å². The minimum Gasteiger partial charge on any atom is -0.497 e. The van der Waals surface area contributed by atoms with Crippen LogP contribution in [0.15, 0.2) is 42.5 Å². The SMILES string of the molecule is COc1cccc(CCNC(=O)CN(C(C)=O)c2ccc(OC)c(OC)c2)c1. The van der Waals surface area contributed by atoms with Crippen molar-refractivity contribution in [3.05, 3.63) is 48.0 Å². The third kappa shape index (κ3) is 5.64. The molecule has 0 atom stereocenters. The average Bonchev–Trinajstić information content (AvgIpc) is 2.71. The van der Waals surface area contributed by atoms with E-state index in [1.807, 2.05) is 24.3 Å². The van der Waals surface area contributed by atoms with Crippen LogP contribution in [0.3, 0.4) is 0 Å². The molecule has 0 unspecified atom stereocenters. The van der Waals surface area contributed by atoms with Crippen molar-refractivity contribution in [3.8, 4) is 17.2 Å². The molecular formula is C21H26N2O5. The lowest BCUT2D eigenvalue weighted by Crippen LogP contribution is -2.40. The lowest BCUT2D eigenvalue weighted by Gasteiger charge is -2.22. The molecule has 0 saturated heterocycles. The molecule has 0 aromatic heterocycles. The van der Waals surface area contributed by atoms with Gasteiger partial charge in [0, 0.05) is 25.2 Å². The highest BCUT2D eigenvalue weighted by atomic mass is 16.5. The number of benzene rings is 2. The molecule has 2 amide bonds. The summed E-state index contributed by atoms with van der Waals surface area (Å²) in [5, 5.41) is 2.85. The van der Waals surface area contributed by atoms with Crippen LogP contribution in [0.4, 0.5) is 5.69 Å². The number of methoxy groups -OCH3 is 3. The molecule has 0 heterocycles. The van der Waals surface area contributed by atoms with Crippen molar-refractivity contribution < 1.29 is 23.8 Å². The van der Waals surface area contributed by atoms with Gasteiger partial charge >= 0.3 is 0 Å². The second-order valence-electron chi connectivity index (χ2n) is 6.10. The van der Waals surface area contributed by atoms with E-state index in [2.05, 4.69) is 5.32 Å². The molecule has 0 fully saturated rings. The second-order valence-corrected chi connectivity index (χ2v) is 6.10. The summed E-state index contributed by atoms with van der Waals surface area (Å²) in [5.74, 6) is 1.34. The number of ether oxygens (including phenoxy) is 3. The van der Waals surface area contributed by atoms with E-state index < -0.39 is 0 Å². The molecule has 0 aliphatic rings. The van der Waals surface area contributed by atoms with E-state index in [1.54, 1.807) is 25.3 Å². The van der Waals surface area contributed by atoms with Crippen molar-refractivity contribution in [2.24, 2.45) is 0 Å². The normalized spacial score (nSPS) is 10.1. The minimum atomic E-state index is -0.243. The maximum absolute atomic E-state index is 12.3. The Morgan fingerprint density at radius 1 is 0.964 bits per heavy atom. The Bertz CT molecular complexity index is 822. The number of hydrogen-bond acceptors (Lipinski definition) is 5. The Balaban J connectivity index is 1.98. The molecule has 150 valence electrons. The fourth-order valence-corrected chi connectivity index (χ4v) is 2.75. The highest BCUT2D eigenvalue weighted by molar-refractivity contribution is 5.97. The summed E-state index contributed by atoms with van der Waals surface area (Å²) >= 11 is 0. The topological polar surface area (TPSA) is 77.1 Å². The molecular weight excluding hydrogens is 360 g/mol. The predicted octanol–water partition coefficient (Wildman–Crippen LogP) is 2.42. The molecule has 7 heteroatoms. The minimum absolute atomic E-state index is 0.0804. The predicted molar refractivity (Wildman–Crippen MR) is 107 cm³/mol. The van der Waals surface area contributed by atoms with Crippen molar-refractivity contribution in [2.45, 2.75) is 13.3 Å². The van der Waals surface area contributed by atoms with Gasteiger partial charge < -0.3 is 24.4 Å². The van der Waals surface area contributed by atoms with E-state index >= 15 is 0 Å². The Hall–Kier alpha value is -3.22. The first-order valence-corrected chi connectivity index (χ1v) is 8.88. The largest absolute Gasteiger partial charge is 0.497 e. The van der Waals surface area contributed by atoms with E-state index in [9.17, 15) is 9.59 Å². The first-order chi connectivity index (χ1) is 13.5. The van der Waals surface area contributed by atoms with E-state index in [0.717, 1.165) is 11.3 Å². The van der Waals surface area contributed by atoms with Crippen molar-refractivity contribution in [1.82, 2.24) is 5.32 Å². The number of hydrogen-bond donors (Lipinski definition) is 1. The molecule has 0 saturated carbocycles. The summed E-state index contributed by atoms with van der Waals surface area (Å²) in [6.07, 6.45) is 0.666. The zero-order valence-electron chi connectivity index (χ0n) is 16.7. The summed E-state index contributed by atoms with van der Waals surface area (Å²) in [6, 6.07) is 12.8. The standard InChI is InChI=1S/C21H26N2O5/c1-15(24)23(17-8-9-19(27-3)20(13-17)28-4)14-21(25)22-11-10-16-6-5-7-18(12-16)26-2/h5-9,12-13H,10-11,14H2,1-4H3,(H,22,25). The quantitative estimate of drug-likeness (QED) is 0.716. The molecule has 2 rings (SSSR count). The number of carbonyl (C=O) groups is 2. The Labute approximate surface area is 165 Å². The van der Waals surface area contributed by atoms with Gasteiger partial charge in [-0.25, -0.2) is 0 Å². The second kappa shape index (κ2) is 10.2. The summed E-state index contributed by atoms with van der Waals surface area (Å²) in [5.41, 5.74) is 1.62. The van der Waals surface area contributed by atoms with Crippen LogP contribution in [0.25, 0.3) is 0 Å². The van der Waals surface area contributed by atoms with Crippen molar-refractivity contribution in [1.29, 1.82) is 0 Å². The Morgan fingerprint density at radius 2 is 1.71 bits per heavy atom. The van der Waals surface area contributed by atoms with Crippen LogP contribution in [-0.2, 0) is 16.0 Å². The van der Waals surface area contributed by atoms with Crippen LogP contribution in [0, 0.1) is 0 Å². The fourth-order valence-electron chi connectivity index (χ4n) is 2.75. The monoisotopic (exact) mass is 386 g/mol. The van der Waals surface area contributed by atoms with Gasteiger partial charge in [0.2, 0.25) is 11.8 Å². The van der Waals surface area contributed by atoms with E-state index in [0.29, 0.717) is 30.2 Å². The van der Waals surface area contributed by atoms with Crippen molar-refractivity contribution in [3.63, 3.8) is 0 Å². The van der Waals surface area contributed by atoms with Gasteiger partial charge in [-0.2, -0.15) is 0 Å². The highest BCUT2D eigenvalue weighted by Crippen LogP contribution is 2.31. The molecule has 7 nitrogen and oxygen atoms in total. The number of nitrogens with zero attached hydrogens (tertiary/aromatic N) is 1. The number of nitrogens with one attached hydrogen (secondary N) is 1. The third-order valence-corrected chi connectivity index (χ3v) is 4.23. The zero-order valence-corrected chi connectivity index (χ0v) is 16.7. The molecule has 1 N–H and O–H groups in total. The van der Waals surface area contributed by atoms with Gasteiger partial charge in [-0.05, 0) is 36.2 Å². The first-order valence-electron chi connectivity index (χ1n) is 8.88. The fraction of sp³-hybridized carbons (Fsp3) is 0.333. The van der Waals surface area contributed by atoms with Crippen LogP contribution in [0.1, 0.15) is 12.5 Å². The van der Waals surface area contributed by atoms with Crippen molar-refractivity contribution >= 4 is 17.5 Å². The van der Waals surface area contributed by atoms with Crippen molar-refractivity contribution in [2.75, 3.05) is 39.3 Å². The summed E-state index contributed by atoms with van der Waals surface area (Å²) in [4.78, 5) is 25.8. The smallest absolute Gasteiger partial charge is 0.240 e. The maximum atomic E-state index is 12.3. The average molecular weight is 386 g/mol. The molecule has 0 spiro atoms. The molecule has 28 heavy (non-hydrogen) atoms. The molecule has 2 aromatic carbocycles. The van der Waals surface area contributed by atoms with Crippen LogP contribution in [0.2, 0.25) is 0 Å². The lowest BCUT2D eigenvalue weighted by atomic mass is 10.1. The Morgan fingerprint density at radius 3 is 2.36 bits per heavy atom. The highest BCUT2D eigenvalue weighted by Gasteiger charge is 2.17. The first kappa shape index (κ1) is 21.1. The molecule has 0 bridgehead atoms. The van der Waals surface area contributed by atoms with Crippen LogP contribution in [-0.4, -0.2) is 46.2 Å². The number of rotatable bonds is 9. The number of anilines is 1. The molecule has 0 radical (unpaired) electrons. The van der Waals surface area contributed by atoms with Crippen LogP contribution in [0.5, 0.6) is 17.2 Å². The Kier molecular flexibility index (Phi) is 7.68. The number of carbonyl (C=O) groups excluding carboxylic acids is 2. The maximum Gasteiger partial charge on any atom is 0.240 e. The molecule has 2 aromatic rings. The van der Waals surface area contributed by atoms with E-state index in [1.165, 1.54) is 26.0 Å². The zero-order chi connectivity index (χ0) is 20.5. The van der Waals surface area contributed by atoms with Crippen LogP contribution >= 0.6 is 0 Å². The van der Waals surface area contributed by atoms with Gasteiger partial charge in [0.05, 0.1) is 21.3 Å². The van der Waals surface area contributed by atoms with Crippen LogP contribution < -0.4 is 24.4 Å². The molecule has 0 aliphatic carbocycles. The van der Waals surface area contributed by atoms with Gasteiger partial charge in [-0.1, -0.05) is 12.1 Å². The summed E-state index contributed by atoms with van der Waals surface area (Å²) < 4.78 is 15.7. The lowest BCUT2D eigenvalue weighted by molar-refractivity contribution is -0.123.